The highest BCUT2D eigenvalue weighted by Crippen LogP contribution is 2.27. The van der Waals surface area contributed by atoms with E-state index in [1.54, 1.807) is 6.07 Å². The van der Waals surface area contributed by atoms with Crippen LogP contribution in [0.15, 0.2) is 23.2 Å². The predicted octanol–water partition coefficient (Wildman–Crippen LogP) is 2.85. The molecule has 0 unspecified atom stereocenters. The van der Waals surface area contributed by atoms with E-state index in [9.17, 15) is 0 Å². The van der Waals surface area contributed by atoms with Gasteiger partial charge in [-0.05, 0) is 5.92 Å². The molecule has 0 amide bonds. The molecule has 0 spiro atoms. The number of anilines is 1. The van der Waals surface area contributed by atoms with Crippen molar-refractivity contribution >= 4 is 17.4 Å². The third kappa shape index (κ3) is 2.74. The number of nitrogens with one attached hydrogen (secondary N) is 1. The minimum atomic E-state index is 0.253. The zero-order valence-electron chi connectivity index (χ0n) is 9.64. The van der Waals surface area contributed by atoms with Crippen molar-refractivity contribution in [3.63, 3.8) is 0 Å². The van der Waals surface area contributed by atoms with Crippen molar-refractivity contribution in [3.05, 3.63) is 35.1 Å². The summed E-state index contributed by atoms with van der Waals surface area (Å²) in [6.07, 6.45) is 2.98. The van der Waals surface area contributed by atoms with Crippen LogP contribution in [0.1, 0.15) is 31.0 Å². The van der Waals surface area contributed by atoms with E-state index in [2.05, 4.69) is 20.4 Å². The molecule has 1 N–H and O–H groups in total. The molecule has 0 atom stereocenters. The smallest absolute Gasteiger partial charge is 0.138 e. The molecule has 2 aromatic rings. The Morgan fingerprint density at radius 1 is 1.41 bits per heavy atom. The fourth-order valence-corrected chi connectivity index (χ4v) is 1.88. The molecule has 17 heavy (non-hydrogen) atoms. The van der Waals surface area contributed by atoms with E-state index in [4.69, 9.17) is 16.1 Å². The molecular formula is C11H13ClN4O. The molecule has 5 nitrogen and oxygen atoms in total. The summed E-state index contributed by atoms with van der Waals surface area (Å²) >= 11 is 6.06. The number of aromatic nitrogens is 3. The first-order valence-corrected chi connectivity index (χ1v) is 5.69. The average Bonchev–Trinajstić information content (AvgIpc) is 2.78. The molecule has 6 heteroatoms. The van der Waals surface area contributed by atoms with E-state index in [1.165, 1.54) is 12.6 Å². The van der Waals surface area contributed by atoms with Crippen LogP contribution in [-0.2, 0) is 6.54 Å². The number of hydrogen-bond acceptors (Lipinski definition) is 5. The summed E-state index contributed by atoms with van der Waals surface area (Å²) in [6.45, 7) is 4.64. The van der Waals surface area contributed by atoms with Crippen LogP contribution >= 0.6 is 11.6 Å². The molecule has 0 aliphatic carbocycles. The molecule has 0 aliphatic heterocycles. The lowest BCUT2D eigenvalue weighted by molar-refractivity contribution is 0.412. The van der Waals surface area contributed by atoms with E-state index >= 15 is 0 Å². The summed E-state index contributed by atoms with van der Waals surface area (Å²) < 4.78 is 4.76. The van der Waals surface area contributed by atoms with Crippen molar-refractivity contribution in [2.75, 3.05) is 5.32 Å². The maximum atomic E-state index is 6.06. The summed E-state index contributed by atoms with van der Waals surface area (Å²) in [6, 6.07) is 1.80. The van der Waals surface area contributed by atoms with Crippen LogP contribution in [0.2, 0.25) is 5.15 Å². The zero-order valence-corrected chi connectivity index (χ0v) is 10.4. The average molecular weight is 253 g/mol. The predicted molar refractivity (Wildman–Crippen MR) is 65.0 cm³/mol. The van der Waals surface area contributed by atoms with Crippen LogP contribution in [0, 0.1) is 0 Å². The van der Waals surface area contributed by atoms with E-state index in [1.807, 2.05) is 13.8 Å². The second-order valence-corrected chi connectivity index (χ2v) is 4.28. The number of rotatable bonds is 4. The van der Waals surface area contributed by atoms with Gasteiger partial charge in [0.2, 0.25) is 0 Å². The molecule has 2 rings (SSSR count). The Morgan fingerprint density at radius 3 is 2.88 bits per heavy atom. The quantitative estimate of drug-likeness (QED) is 0.848. The Morgan fingerprint density at radius 2 is 2.24 bits per heavy atom. The Kier molecular flexibility index (Phi) is 3.58. The zero-order chi connectivity index (χ0) is 12.3. The fourth-order valence-electron chi connectivity index (χ4n) is 1.53. The second kappa shape index (κ2) is 5.14. The van der Waals surface area contributed by atoms with E-state index in [0.29, 0.717) is 11.7 Å². The van der Waals surface area contributed by atoms with Crippen LogP contribution in [0.4, 0.5) is 5.82 Å². The van der Waals surface area contributed by atoms with Gasteiger partial charge in [0.05, 0.1) is 6.54 Å². The van der Waals surface area contributed by atoms with Gasteiger partial charge >= 0.3 is 0 Å². The number of nitrogens with zero attached hydrogens (tertiary/aromatic N) is 3. The Balaban J connectivity index is 2.18. The largest absolute Gasteiger partial charge is 0.364 e. The van der Waals surface area contributed by atoms with Gasteiger partial charge in [0.25, 0.3) is 0 Å². The maximum Gasteiger partial charge on any atom is 0.138 e. The minimum absolute atomic E-state index is 0.253. The van der Waals surface area contributed by atoms with Crippen LogP contribution in [-0.4, -0.2) is 15.1 Å². The van der Waals surface area contributed by atoms with E-state index < -0.39 is 0 Å². The monoisotopic (exact) mass is 252 g/mol. The highest BCUT2D eigenvalue weighted by Gasteiger charge is 2.13. The molecule has 0 bridgehead atoms. The topological polar surface area (TPSA) is 63.8 Å². The van der Waals surface area contributed by atoms with Gasteiger partial charge in [-0.25, -0.2) is 9.97 Å². The highest BCUT2D eigenvalue weighted by molar-refractivity contribution is 6.30. The van der Waals surface area contributed by atoms with Crippen LogP contribution < -0.4 is 5.32 Å². The third-order valence-electron chi connectivity index (χ3n) is 2.34. The van der Waals surface area contributed by atoms with Gasteiger partial charge in [0, 0.05) is 11.6 Å². The lowest BCUT2D eigenvalue weighted by Crippen LogP contribution is -2.07. The van der Waals surface area contributed by atoms with Crippen LogP contribution in [0.25, 0.3) is 0 Å². The summed E-state index contributed by atoms with van der Waals surface area (Å²) in [7, 11) is 0. The fraction of sp³-hybridized carbons (Fsp3) is 0.364. The SMILES string of the molecule is CC(C)c1c(Cl)ncnc1NCc1ccon1. The van der Waals surface area contributed by atoms with Gasteiger partial charge in [0.15, 0.2) is 0 Å². The highest BCUT2D eigenvalue weighted by atomic mass is 35.5. The summed E-state index contributed by atoms with van der Waals surface area (Å²) in [5, 5.41) is 7.48. The summed E-state index contributed by atoms with van der Waals surface area (Å²) in [4.78, 5) is 8.18. The molecule has 90 valence electrons. The second-order valence-electron chi connectivity index (χ2n) is 3.93. The molecule has 0 saturated heterocycles. The van der Waals surface area contributed by atoms with Crippen molar-refractivity contribution in [2.24, 2.45) is 0 Å². The summed E-state index contributed by atoms with van der Waals surface area (Å²) in [5.74, 6) is 0.992. The van der Waals surface area contributed by atoms with Gasteiger partial charge < -0.3 is 9.84 Å². The van der Waals surface area contributed by atoms with Crippen molar-refractivity contribution < 1.29 is 4.52 Å². The molecule has 2 heterocycles. The standard InChI is InChI=1S/C11H13ClN4O/c1-7(2)9-10(12)14-6-15-11(9)13-5-8-3-4-17-16-8/h3-4,6-7H,5H2,1-2H3,(H,13,14,15). The van der Waals surface area contributed by atoms with Crippen molar-refractivity contribution in [1.29, 1.82) is 0 Å². The van der Waals surface area contributed by atoms with E-state index in [0.717, 1.165) is 17.1 Å². The van der Waals surface area contributed by atoms with Gasteiger partial charge in [0.1, 0.15) is 29.3 Å². The number of hydrogen-bond donors (Lipinski definition) is 1. The number of halogens is 1. The van der Waals surface area contributed by atoms with Gasteiger partial charge in [-0.3, -0.25) is 0 Å². The normalized spacial score (nSPS) is 10.8. The Hall–Kier alpha value is -1.62. The molecule has 0 radical (unpaired) electrons. The molecule has 0 aliphatic rings. The molecule has 0 fully saturated rings. The van der Waals surface area contributed by atoms with Crippen molar-refractivity contribution in [2.45, 2.75) is 26.3 Å². The maximum absolute atomic E-state index is 6.06. The minimum Gasteiger partial charge on any atom is -0.364 e. The molecule has 2 aromatic heterocycles. The van der Waals surface area contributed by atoms with Crippen LogP contribution in [0.3, 0.4) is 0 Å². The first-order valence-electron chi connectivity index (χ1n) is 5.32. The van der Waals surface area contributed by atoms with Gasteiger partial charge in [-0.2, -0.15) is 0 Å². The van der Waals surface area contributed by atoms with Gasteiger partial charge in [-0.15, -0.1) is 0 Å². The van der Waals surface area contributed by atoms with Crippen molar-refractivity contribution in [3.8, 4) is 0 Å². The Bertz CT molecular complexity index is 484. The first-order chi connectivity index (χ1) is 8.18. The third-order valence-corrected chi connectivity index (χ3v) is 2.64. The lowest BCUT2D eigenvalue weighted by atomic mass is 10.1. The van der Waals surface area contributed by atoms with E-state index in [-0.39, 0.29) is 5.92 Å². The first kappa shape index (κ1) is 11.9. The lowest BCUT2D eigenvalue weighted by Gasteiger charge is -2.13. The van der Waals surface area contributed by atoms with Gasteiger partial charge in [-0.1, -0.05) is 30.6 Å². The molecular weight excluding hydrogens is 240 g/mol. The Labute approximate surface area is 104 Å². The molecule has 0 saturated carbocycles. The van der Waals surface area contributed by atoms with Crippen LogP contribution in [0.5, 0.6) is 0 Å². The molecule has 0 aromatic carbocycles. The summed E-state index contributed by atoms with van der Waals surface area (Å²) in [5.41, 5.74) is 1.73. The van der Waals surface area contributed by atoms with Crippen molar-refractivity contribution in [1.82, 2.24) is 15.1 Å².